The van der Waals surface area contributed by atoms with E-state index < -0.39 is 18.2 Å². The number of carbonyl (C=O) groups excluding carboxylic acids is 3. The molecule has 4 N–H and O–H groups in total. The molecule has 3 fully saturated rings. The van der Waals surface area contributed by atoms with Crippen molar-refractivity contribution in [1.82, 2.24) is 10.3 Å². The number of ether oxygens (including phenoxy) is 3. The molecule has 0 unspecified atom stereocenters. The third-order valence-corrected chi connectivity index (χ3v) is 12.8. The average molecular weight is 911 g/mol. The number of esters is 1. The van der Waals surface area contributed by atoms with Crippen molar-refractivity contribution in [3.63, 3.8) is 0 Å². The Morgan fingerprint density at radius 3 is 2.58 bits per heavy atom. The molecule has 64 heavy (non-hydrogen) atoms. The number of aromatic nitrogens is 1. The number of thiophene rings is 1. The fraction of sp³-hybridized carbons (Fsp3) is 0.333. The van der Waals surface area contributed by atoms with Crippen LogP contribution in [0.2, 0.25) is 0 Å². The molecule has 0 radical (unpaired) electrons. The lowest BCUT2D eigenvalue weighted by Gasteiger charge is -2.51. The largest absolute Gasteiger partial charge is 1.00 e. The number of nitrogens with zero attached hydrogens (tertiary/aromatic N) is 2. The Labute approximate surface area is 380 Å². The van der Waals surface area contributed by atoms with Gasteiger partial charge in [0, 0.05) is 42.4 Å². The number of benzene rings is 3. The molecule has 2 bridgehead atoms. The summed E-state index contributed by atoms with van der Waals surface area (Å²) in [6, 6.07) is 29.9. The highest BCUT2D eigenvalue weighted by atomic mass is 35.5. The van der Waals surface area contributed by atoms with Gasteiger partial charge >= 0.3 is 12.1 Å². The number of phenols is 1. The average Bonchev–Trinajstić information content (AvgIpc) is 4.02. The first kappa shape index (κ1) is 46.0. The quantitative estimate of drug-likeness (QED) is 0.0393. The minimum atomic E-state index is -0.865. The zero-order valence-corrected chi connectivity index (χ0v) is 36.7. The maximum absolute atomic E-state index is 14.0. The van der Waals surface area contributed by atoms with Gasteiger partial charge < -0.3 is 56.0 Å². The van der Waals surface area contributed by atoms with Crippen LogP contribution in [0.1, 0.15) is 68.9 Å². The van der Waals surface area contributed by atoms with Crippen LogP contribution in [0, 0.1) is 5.92 Å². The lowest BCUT2D eigenvalue weighted by Crippen LogP contribution is -3.00. The van der Waals surface area contributed by atoms with Gasteiger partial charge in [-0.1, -0.05) is 42.5 Å². The van der Waals surface area contributed by atoms with E-state index in [0.29, 0.717) is 65.1 Å². The summed E-state index contributed by atoms with van der Waals surface area (Å²) < 4.78 is 24.2. The number of carbonyl (C=O) groups is 3. The Kier molecular flexibility index (Phi) is 15.2. The Morgan fingerprint density at radius 2 is 1.78 bits per heavy atom. The number of ketones is 1. The van der Waals surface area contributed by atoms with Crippen LogP contribution >= 0.6 is 11.3 Å². The predicted octanol–water partition coefficient (Wildman–Crippen LogP) is 4.37. The number of piperidine rings is 3. The molecular weight excluding hydrogens is 860 g/mol. The second kappa shape index (κ2) is 21.1. The molecule has 6 heterocycles. The van der Waals surface area contributed by atoms with Gasteiger partial charge in [0.15, 0.2) is 6.10 Å². The predicted molar refractivity (Wildman–Crippen MR) is 237 cm³/mol. The van der Waals surface area contributed by atoms with Crippen LogP contribution in [0.5, 0.6) is 11.5 Å². The number of aromatic amines is 1. The number of pyridine rings is 1. The van der Waals surface area contributed by atoms with Crippen molar-refractivity contribution in [2.24, 2.45) is 5.92 Å². The van der Waals surface area contributed by atoms with Crippen molar-refractivity contribution in [3.8, 4) is 11.5 Å². The van der Waals surface area contributed by atoms with E-state index >= 15 is 0 Å². The number of phenolic OH excluding ortho intramolecular Hbond substituents is 1. The summed E-state index contributed by atoms with van der Waals surface area (Å²) in [5, 5.41) is 26.5. The molecule has 6 aromatic rings. The van der Waals surface area contributed by atoms with Crippen LogP contribution in [0.15, 0.2) is 118 Å². The molecule has 3 saturated heterocycles. The smallest absolute Gasteiger partial charge is 0.415 e. The molecule has 3 aromatic heterocycles. The number of aromatic hydroxyl groups is 1. The molecule has 0 saturated carbocycles. The first-order valence-electron chi connectivity index (χ1n) is 21.3. The molecule has 14 nitrogen and oxygen atoms in total. The van der Waals surface area contributed by atoms with Gasteiger partial charge in [-0.25, -0.2) is 9.59 Å². The zero-order chi connectivity index (χ0) is 43.8. The van der Waals surface area contributed by atoms with Crippen LogP contribution in [0.25, 0.3) is 10.9 Å². The third kappa shape index (κ3) is 11.2. The van der Waals surface area contributed by atoms with E-state index in [1.807, 2.05) is 72.1 Å². The number of halogens is 1. The van der Waals surface area contributed by atoms with Gasteiger partial charge in [-0.2, -0.15) is 0 Å². The van der Waals surface area contributed by atoms with E-state index in [1.54, 1.807) is 29.2 Å². The number of aliphatic hydroxyl groups is 1. The number of amides is 1. The lowest BCUT2D eigenvalue weighted by atomic mass is 9.83. The number of aliphatic hydroxyl groups excluding tert-OH is 1. The molecule has 0 spiro atoms. The van der Waals surface area contributed by atoms with Gasteiger partial charge in [0.05, 0.1) is 42.7 Å². The summed E-state index contributed by atoms with van der Waals surface area (Å²) in [5.41, 5.74) is 2.05. The van der Waals surface area contributed by atoms with Crippen molar-refractivity contribution in [3.05, 3.63) is 146 Å². The summed E-state index contributed by atoms with van der Waals surface area (Å²) in [7, 11) is 0. The van der Waals surface area contributed by atoms with E-state index in [1.165, 1.54) is 23.5 Å². The van der Waals surface area contributed by atoms with Gasteiger partial charge in [-0.15, -0.1) is 11.3 Å². The number of para-hydroxylation sites is 1. The highest BCUT2D eigenvalue weighted by Crippen LogP contribution is 2.37. The van der Waals surface area contributed by atoms with Gasteiger partial charge in [0.1, 0.15) is 37.0 Å². The number of H-pyrrole nitrogens is 1. The standard InChI is InChI=1S/C48H50N4O10S.ClH/c53-39-16-14-37(38-15-18-45(56)50-46(38)39)40(54)27-49-21-4-5-24-59-47(57)42-17-13-36(61-42)31-60-35-11-6-8-32(26-35)28-51(34-9-2-1-3-10-34)48(58)62-43-30-52(22-19-33(43)20-23-52)29-41(55)44-12-7-25-63-44;/h1-3,6-18,25-26,33,40,43,49,54H,4-5,19-24,27-31H2,(H-,50,53,56);1H/t33?,40-,43-,52?;/m0./s1. The molecule has 3 aliphatic heterocycles. The number of quaternary nitrogens is 1. The number of rotatable bonds is 19. The fourth-order valence-electron chi connectivity index (χ4n) is 8.58. The third-order valence-electron chi connectivity index (χ3n) is 11.9. The Bertz CT molecular complexity index is 2570. The van der Waals surface area contributed by atoms with Crippen molar-refractivity contribution >= 4 is 45.8 Å². The van der Waals surface area contributed by atoms with E-state index in [9.17, 15) is 29.4 Å². The molecule has 0 aliphatic carbocycles. The first-order valence-corrected chi connectivity index (χ1v) is 22.2. The number of hydrogen-bond acceptors (Lipinski definition) is 12. The van der Waals surface area contributed by atoms with Crippen LogP contribution in [0.4, 0.5) is 10.5 Å². The molecule has 1 amide bonds. The van der Waals surface area contributed by atoms with Crippen molar-refractivity contribution < 1.29 is 60.1 Å². The van der Waals surface area contributed by atoms with Gasteiger partial charge in [-0.3, -0.25) is 14.5 Å². The van der Waals surface area contributed by atoms with Crippen LogP contribution in [-0.2, 0) is 22.6 Å². The van der Waals surface area contributed by atoms with Crippen LogP contribution in [0.3, 0.4) is 0 Å². The monoisotopic (exact) mass is 910 g/mol. The van der Waals surface area contributed by atoms with Gasteiger partial charge in [-0.05, 0) is 90.5 Å². The highest BCUT2D eigenvalue weighted by Gasteiger charge is 2.49. The number of unbranched alkanes of at least 4 members (excludes halogenated alkanes) is 1. The number of hydrogen-bond donors (Lipinski definition) is 4. The maximum Gasteiger partial charge on any atom is 0.415 e. The SMILES string of the molecule is O=C(OCCCCNC[C@H](O)c1ccc(O)c2[nH]c(=O)ccc12)c1ccc(COc2cccc(CN(C(=O)O[C@H]3C[N+]4(CC(=O)c5cccs5)CCC3CC4)c3ccccc3)c2)o1.[Cl-]. The summed E-state index contributed by atoms with van der Waals surface area (Å²) in [5.74, 6) is 0.819. The summed E-state index contributed by atoms with van der Waals surface area (Å²) >= 11 is 1.47. The van der Waals surface area contributed by atoms with Gasteiger partial charge in [0.2, 0.25) is 17.1 Å². The number of nitrogens with one attached hydrogen (secondary N) is 2. The van der Waals surface area contributed by atoms with Crippen molar-refractivity contribution in [2.45, 2.75) is 51.0 Å². The Morgan fingerprint density at radius 1 is 0.953 bits per heavy atom. The molecule has 9 rings (SSSR count). The van der Waals surface area contributed by atoms with Crippen molar-refractivity contribution in [1.29, 1.82) is 0 Å². The van der Waals surface area contributed by atoms with E-state index in [-0.39, 0.29) is 79.1 Å². The highest BCUT2D eigenvalue weighted by molar-refractivity contribution is 7.12. The molecule has 336 valence electrons. The molecule has 16 heteroatoms. The van der Waals surface area contributed by atoms with Crippen LogP contribution < -0.4 is 32.9 Å². The summed E-state index contributed by atoms with van der Waals surface area (Å²) in [4.78, 5) is 56.6. The second-order valence-corrected chi connectivity index (χ2v) is 17.2. The number of fused-ring (bicyclic) bond motifs is 4. The van der Waals surface area contributed by atoms with Crippen molar-refractivity contribution in [2.75, 3.05) is 50.8 Å². The number of Topliss-reactive ketones (excluding diaryl/α,β-unsaturated/α-hetero) is 1. The Hall–Kier alpha value is -5.97. The normalized spacial score (nSPS) is 18.2. The minimum Gasteiger partial charge on any atom is -1.00 e. The fourth-order valence-corrected chi connectivity index (χ4v) is 9.24. The van der Waals surface area contributed by atoms with E-state index in [4.69, 9.17) is 18.6 Å². The van der Waals surface area contributed by atoms with Gasteiger partial charge in [0.25, 0.3) is 0 Å². The molecular formula is C48H51ClN4O10S. The lowest BCUT2D eigenvalue weighted by molar-refractivity contribution is -0.938. The first-order chi connectivity index (χ1) is 30.6. The zero-order valence-electron chi connectivity index (χ0n) is 35.2. The maximum atomic E-state index is 14.0. The number of anilines is 1. The summed E-state index contributed by atoms with van der Waals surface area (Å²) in [6.07, 6.45) is 1.53. The van der Waals surface area contributed by atoms with E-state index in [0.717, 1.165) is 36.4 Å². The topological polar surface area (TPSA) is 181 Å². The second-order valence-electron chi connectivity index (χ2n) is 16.3. The molecule has 3 aliphatic rings. The van der Waals surface area contributed by atoms with Crippen LogP contribution in [-0.4, -0.2) is 89.5 Å². The minimum absolute atomic E-state index is 0. The van der Waals surface area contributed by atoms with E-state index in [2.05, 4.69) is 10.3 Å². The summed E-state index contributed by atoms with van der Waals surface area (Å²) in [6.45, 7) is 4.20. The Balaban J connectivity index is 0.00000612. The molecule has 3 aromatic carbocycles. The number of furan rings is 1. The molecule has 2 atom stereocenters.